The number of para-hydroxylation sites is 1. The summed E-state index contributed by atoms with van der Waals surface area (Å²) in [7, 11) is -2.55. The molecule has 162 valence electrons. The number of rotatable bonds is 8. The number of benzene rings is 2. The average Bonchev–Trinajstić information content (AvgIpc) is 2.74. The maximum absolute atomic E-state index is 12.6. The van der Waals surface area contributed by atoms with Gasteiger partial charge in [0, 0.05) is 18.1 Å². The van der Waals surface area contributed by atoms with E-state index < -0.39 is 10.0 Å². The first kappa shape index (κ1) is 22.0. The van der Waals surface area contributed by atoms with Gasteiger partial charge in [-0.15, -0.1) is 0 Å². The van der Waals surface area contributed by atoms with Crippen molar-refractivity contribution in [3.05, 3.63) is 66.0 Å². The highest BCUT2D eigenvalue weighted by Crippen LogP contribution is 2.23. The van der Waals surface area contributed by atoms with Gasteiger partial charge < -0.3 is 14.8 Å². The molecular formula is C21H22N4O5S. The number of carbonyl (C=O) groups excluding carboxylic acids is 1. The van der Waals surface area contributed by atoms with Gasteiger partial charge in [0.25, 0.3) is 21.8 Å². The zero-order valence-corrected chi connectivity index (χ0v) is 18.1. The van der Waals surface area contributed by atoms with E-state index in [9.17, 15) is 13.2 Å². The number of hydrogen-bond acceptors (Lipinski definition) is 7. The Morgan fingerprint density at radius 3 is 2.29 bits per heavy atom. The molecule has 0 aliphatic heterocycles. The van der Waals surface area contributed by atoms with Crippen LogP contribution >= 0.6 is 0 Å². The summed E-state index contributed by atoms with van der Waals surface area (Å²) >= 11 is 0. The number of ether oxygens (including phenoxy) is 2. The van der Waals surface area contributed by atoms with Crippen molar-refractivity contribution >= 4 is 27.4 Å². The maximum Gasteiger partial charge on any atom is 0.263 e. The largest absolute Gasteiger partial charge is 0.483 e. The van der Waals surface area contributed by atoms with Crippen LogP contribution in [-0.2, 0) is 14.8 Å². The van der Waals surface area contributed by atoms with Gasteiger partial charge in [0.1, 0.15) is 5.75 Å². The van der Waals surface area contributed by atoms with Crippen LogP contribution in [0.4, 0.5) is 11.5 Å². The molecule has 0 unspecified atom stereocenters. The molecule has 0 spiro atoms. The van der Waals surface area contributed by atoms with Crippen molar-refractivity contribution in [2.75, 3.05) is 23.8 Å². The third kappa shape index (κ3) is 5.48. The topological polar surface area (TPSA) is 120 Å². The molecule has 0 fully saturated rings. The Bertz CT molecular complexity index is 1160. The van der Waals surface area contributed by atoms with Crippen LogP contribution < -0.4 is 19.5 Å². The van der Waals surface area contributed by atoms with E-state index in [0.29, 0.717) is 11.4 Å². The molecule has 0 radical (unpaired) electrons. The Balaban J connectivity index is 1.63. The predicted octanol–water partition coefficient (Wildman–Crippen LogP) is 2.92. The summed E-state index contributed by atoms with van der Waals surface area (Å²) in [5.41, 5.74) is 2.32. The zero-order chi connectivity index (χ0) is 22.4. The molecule has 1 heterocycles. The lowest BCUT2D eigenvalue weighted by atomic mass is 10.1. The van der Waals surface area contributed by atoms with Crippen LogP contribution in [-0.4, -0.2) is 38.0 Å². The fraction of sp³-hybridized carbons (Fsp3) is 0.190. The molecule has 0 bridgehead atoms. The average molecular weight is 442 g/mol. The van der Waals surface area contributed by atoms with Crippen molar-refractivity contribution in [1.82, 2.24) is 9.97 Å². The summed E-state index contributed by atoms with van der Waals surface area (Å²) in [5.74, 6) is 0.343. The van der Waals surface area contributed by atoms with E-state index in [-0.39, 0.29) is 29.1 Å². The molecule has 0 saturated heterocycles. The van der Waals surface area contributed by atoms with Gasteiger partial charge in [0.2, 0.25) is 5.82 Å². The van der Waals surface area contributed by atoms with Crippen molar-refractivity contribution in [3.8, 4) is 11.6 Å². The number of aryl methyl sites for hydroxylation is 2. The number of nitrogens with one attached hydrogen (secondary N) is 2. The molecule has 31 heavy (non-hydrogen) atoms. The van der Waals surface area contributed by atoms with Crippen molar-refractivity contribution in [3.63, 3.8) is 0 Å². The number of anilines is 2. The summed E-state index contributed by atoms with van der Waals surface area (Å²) in [6.07, 6.45) is 2.73. The van der Waals surface area contributed by atoms with Gasteiger partial charge in [0.05, 0.1) is 12.0 Å². The van der Waals surface area contributed by atoms with E-state index in [0.717, 1.165) is 11.1 Å². The number of amides is 1. The van der Waals surface area contributed by atoms with E-state index >= 15 is 0 Å². The van der Waals surface area contributed by atoms with Gasteiger partial charge in [-0.05, 0) is 49.2 Å². The third-order valence-corrected chi connectivity index (χ3v) is 5.65. The molecule has 9 nitrogen and oxygen atoms in total. The first-order chi connectivity index (χ1) is 14.8. The fourth-order valence-electron chi connectivity index (χ4n) is 2.81. The second kappa shape index (κ2) is 9.43. The second-order valence-electron chi connectivity index (χ2n) is 6.60. The first-order valence-corrected chi connectivity index (χ1v) is 10.7. The quantitative estimate of drug-likeness (QED) is 0.550. The van der Waals surface area contributed by atoms with Gasteiger partial charge in [-0.25, -0.2) is 18.4 Å². The fourth-order valence-corrected chi connectivity index (χ4v) is 3.82. The number of methoxy groups -OCH3 is 1. The predicted molar refractivity (Wildman–Crippen MR) is 116 cm³/mol. The Morgan fingerprint density at radius 1 is 1.00 bits per heavy atom. The lowest BCUT2D eigenvalue weighted by Crippen LogP contribution is -2.21. The molecule has 0 aliphatic carbocycles. The first-order valence-electron chi connectivity index (χ1n) is 9.27. The highest BCUT2D eigenvalue weighted by molar-refractivity contribution is 7.92. The Morgan fingerprint density at radius 2 is 1.65 bits per heavy atom. The van der Waals surface area contributed by atoms with Gasteiger partial charge >= 0.3 is 0 Å². The van der Waals surface area contributed by atoms with Crippen molar-refractivity contribution in [2.24, 2.45) is 0 Å². The van der Waals surface area contributed by atoms with Crippen LogP contribution in [0.15, 0.2) is 59.8 Å². The summed E-state index contributed by atoms with van der Waals surface area (Å²) in [6, 6.07) is 11.4. The lowest BCUT2D eigenvalue weighted by molar-refractivity contribution is -0.118. The smallest absolute Gasteiger partial charge is 0.263 e. The molecule has 0 saturated carbocycles. The molecule has 0 atom stereocenters. The van der Waals surface area contributed by atoms with Gasteiger partial charge in [-0.2, -0.15) is 0 Å². The van der Waals surface area contributed by atoms with Gasteiger partial charge in [-0.1, -0.05) is 18.2 Å². The summed E-state index contributed by atoms with van der Waals surface area (Å²) < 4.78 is 38.1. The lowest BCUT2D eigenvalue weighted by Gasteiger charge is -2.12. The summed E-state index contributed by atoms with van der Waals surface area (Å²) in [6.45, 7) is 3.65. The van der Waals surface area contributed by atoms with Gasteiger partial charge in [0.15, 0.2) is 6.61 Å². The van der Waals surface area contributed by atoms with Crippen LogP contribution in [0.1, 0.15) is 11.1 Å². The molecule has 1 amide bonds. The molecule has 2 aromatic carbocycles. The number of aromatic nitrogens is 2. The van der Waals surface area contributed by atoms with Crippen LogP contribution in [0.25, 0.3) is 0 Å². The number of hydrogen-bond donors (Lipinski definition) is 2. The second-order valence-corrected chi connectivity index (χ2v) is 8.28. The molecule has 3 aromatic rings. The van der Waals surface area contributed by atoms with Crippen molar-refractivity contribution in [2.45, 2.75) is 18.7 Å². The SMILES string of the molecule is COc1nccnc1NS(=O)(=O)c1ccc(NC(=O)COc2c(C)cccc2C)cc1. The molecule has 3 rings (SSSR count). The minimum absolute atomic E-state index is 0.00927. The number of nitrogens with zero attached hydrogens (tertiary/aromatic N) is 2. The van der Waals surface area contributed by atoms with E-state index in [1.165, 1.54) is 43.8 Å². The van der Waals surface area contributed by atoms with E-state index in [1.54, 1.807) is 0 Å². The summed E-state index contributed by atoms with van der Waals surface area (Å²) in [4.78, 5) is 20.0. The van der Waals surface area contributed by atoms with E-state index in [2.05, 4.69) is 20.0 Å². The van der Waals surface area contributed by atoms with Crippen LogP contribution in [0.2, 0.25) is 0 Å². The van der Waals surface area contributed by atoms with Crippen molar-refractivity contribution in [1.29, 1.82) is 0 Å². The zero-order valence-electron chi connectivity index (χ0n) is 17.2. The minimum Gasteiger partial charge on any atom is -0.483 e. The Kier molecular flexibility index (Phi) is 6.71. The number of sulfonamides is 1. The van der Waals surface area contributed by atoms with Crippen LogP contribution in [0.3, 0.4) is 0 Å². The maximum atomic E-state index is 12.6. The molecule has 0 aliphatic rings. The van der Waals surface area contributed by atoms with Crippen LogP contribution in [0, 0.1) is 13.8 Å². The number of carbonyl (C=O) groups is 1. The van der Waals surface area contributed by atoms with Gasteiger partial charge in [-0.3, -0.25) is 9.52 Å². The highest BCUT2D eigenvalue weighted by atomic mass is 32.2. The van der Waals surface area contributed by atoms with E-state index in [4.69, 9.17) is 9.47 Å². The van der Waals surface area contributed by atoms with Crippen LogP contribution in [0.5, 0.6) is 11.6 Å². The molecular weight excluding hydrogens is 420 g/mol. The Labute approximate surface area is 180 Å². The Hall–Kier alpha value is -3.66. The summed E-state index contributed by atoms with van der Waals surface area (Å²) in [5, 5.41) is 2.68. The highest BCUT2D eigenvalue weighted by Gasteiger charge is 2.18. The third-order valence-electron chi connectivity index (χ3n) is 4.29. The normalized spacial score (nSPS) is 10.9. The van der Waals surface area contributed by atoms with E-state index in [1.807, 2.05) is 32.0 Å². The standard InChI is InChI=1S/C21H22N4O5S/c1-14-5-4-6-15(2)19(14)30-13-18(26)24-16-7-9-17(10-8-16)31(27,28)25-20-21(29-3)23-12-11-22-20/h4-12H,13H2,1-3H3,(H,22,25)(H,24,26). The monoisotopic (exact) mass is 442 g/mol. The molecule has 2 N–H and O–H groups in total. The minimum atomic E-state index is -3.92. The molecule has 10 heteroatoms. The molecule has 1 aromatic heterocycles. The van der Waals surface area contributed by atoms with Crippen molar-refractivity contribution < 1.29 is 22.7 Å².